The van der Waals surface area contributed by atoms with Crippen LogP contribution in [0.1, 0.15) is 17.2 Å². The van der Waals surface area contributed by atoms with Gasteiger partial charge in [0.05, 0.1) is 18.5 Å². The lowest BCUT2D eigenvalue weighted by Gasteiger charge is -2.38. The van der Waals surface area contributed by atoms with Gasteiger partial charge >= 0.3 is 0 Å². The monoisotopic (exact) mass is 373 g/mol. The molecular weight excluding hydrogens is 350 g/mol. The third-order valence-corrected chi connectivity index (χ3v) is 5.80. The number of hydrogen-bond acceptors (Lipinski definition) is 4. The minimum Gasteiger partial charge on any atom is -0.366 e. The summed E-state index contributed by atoms with van der Waals surface area (Å²) in [5.41, 5.74) is 3.40. The number of carbonyl (C=O) groups is 1. The van der Waals surface area contributed by atoms with Gasteiger partial charge in [0, 0.05) is 43.1 Å². The van der Waals surface area contributed by atoms with E-state index in [2.05, 4.69) is 34.1 Å². The van der Waals surface area contributed by atoms with Crippen LogP contribution in [0.2, 0.25) is 0 Å². The molecule has 1 aromatic heterocycles. The number of fused-ring (bicyclic) bond motifs is 2. The lowest BCUT2D eigenvalue weighted by Crippen LogP contribution is -2.50. The first-order valence-electron chi connectivity index (χ1n) is 9.87. The summed E-state index contributed by atoms with van der Waals surface area (Å²) < 4.78 is 5.87. The summed E-state index contributed by atoms with van der Waals surface area (Å²) in [6.45, 7) is 3.61. The van der Waals surface area contributed by atoms with E-state index >= 15 is 0 Å². The minimum absolute atomic E-state index is 0.0860. The highest BCUT2D eigenvalue weighted by molar-refractivity contribution is 5.93. The van der Waals surface area contributed by atoms with Crippen molar-refractivity contribution in [3.05, 3.63) is 72.1 Å². The number of pyridine rings is 1. The Balaban J connectivity index is 1.32. The van der Waals surface area contributed by atoms with Crippen molar-refractivity contribution in [1.29, 1.82) is 0 Å². The SMILES string of the molecule is O=C(C1OCCc2ccccc21)N1CCN(c2cncc3ccccc23)CC1. The third kappa shape index (κ3) is 3.02. The van der Waals surface area contributed by atoms with Crippen LogP contribution in [0.3, 0.4) is 0 Å². The predicted molar refractivity (Wildman–Crippen MR) is 109 cm³/mol. The van der Waals surface area contributed by atoms with E-state index in [4.69, 9.17) is 4.74 Å². The van der Waals surface area contributed by atoms with Crippen LogP contribution in [0.25, 0.3) is 10.8 Å². The van der Waals surface area contributed by atoms with Gasteiger partial charge in [-0.15, -0.1) is 0 Å². The molecular formula is C23H23N3O2. The highest BCUT2D eigenvalue weighted by atomic mass is 16.5. The second-order valence-corrected chi connectivity index (χ2v) is 7.39. The Bertz CT molecular complexity index is 1010. The number of amides is 1. The normalized spacial score (nSPS) is 19.5. The highest BCUT2D eigenvalue weighted by Crippen LogP contribution is 2.30. The topological polar surface area (TPSA) is 45.7 Å². The zero-order chi connectivity index (χ0) is 18.9. The Hall–Kier alpha value is -2.92. The fourth-order valence-corrected chi connectivity index (χ4v) is 4.28. The molecule has 2 aromatic carbocycles. The summed E-state index contributed by atoms with van der Waals surface area (Å²) in [5, 5.41) is 2.35. The number of benzene rings is 2. The highest BCUT2D eigenvalue weighted by Gasteiger charge is 2.32. The summed E-state index contributed by atoms with van der Waals surface area (Å²) in [4.78, 5) is 21.8. The molecule has 0 saturated carbocycles. The van der Waals surface area contributed by atoms with Crippen molar-refractivity contribution >= 4 is 22.4 Å². The standard InChI is InChI=1S/C23H23N3O2/c27-23(22-20-8-4-1-5-17(20)9-14-28-22)26-12-10-25(11-13-26)21-16-24-15-18-6-2-3-7-19(18)21/h1-8,15-16,22H,9-14H2. The van der Waals surface area contributed by atoms with Crippen LogP contribution in [-0.4, -0.2) is 48.6 Å². The van der Waals surface area contributed by atoms with E-state index in [1.165, 1.54) is 10.9 Å². The maximum Gasteiger partial charge on any atom is 0.256 e. The number of hydrogen-bond donors (Lipinski definition) is 0. The molecule has 5 rings (SSSR count). The molecule has 28 heavy (non-hydrogen) atoms. The molecule has 5 nitrogen and oxygen atoms in total. The van der Waals surface area contributed by atoms with Crippen LogP contribution in [0.5, 0.6) is 0 Å². The van der Waals surface area contributed by atoms with Crippen LogP contribution >= 0.6 is 0 Å². The summed E-state index contributed by atoms with van der Waals surface area (Å²) >= 11 is 0. The summed E-state index contributed by atoms with van der Waals surface area (Å²) in [5.74, 6) is 0.0860. The average molecular weight is 373 g/mol. The third-order valence-electron chi connectivity index (χ3n) is 5.80. The summed E-state index contributed by atoms with van der Waals surface area (Å²) in [6.07, 6.45) is 4.24. The smallest absolute Gasteiger partial charge is 0.256 e. The maximum absolute atomic E-state index is 13.1. The molecule has 142 valence electrons. The molecule has 0 bridgehead atoms. The fourth-order valence-electron chi connectivity index (χ4n) is 4.28. The molecule has 0 aliphatic carbocycles. The lowest BCUT2D eigenvalue weighted by molar-refractivity contribution is -0.145. The van der Waals surface area contributed by atoms with E-state index in [1.807, 2.05) is 41.6 Å². The van der Waals surface area contributed by atoms with Gasteiger partial charge in [0.1, 0.15) is 0 Å². The first-order chi connectivity index (χ1) is 13.8. The molecule has 0 spiro atoms. The number of rotatable bonds is 2. The van der Waals surface area contributed by atoms with Gasteiger partial charge in [-0.25, -0.2) is 0 Å². The summed E-state index contributed by atoms with van der Waals surface area (Å²) in [6, 6.07) is 16.5. The molecule has 2 aliphatic heterocycles. The number of piperazine rings is 1. The Morgan fingerprint density at radius 3 is 2.64 bits per heavy atom. The van der Waals surface area contributed by atoms with E-state index in [1.54, 1.807) is 0 Å². The number of aromatic nitrogens is 1. The van der Waals surface area contributed by atoms with Gasteiger partial charge in [0.25, 0.3) is 5.91 Å². The molecule has 3 heterocycles. The predicted octanol–water partition coefficient (Wildman–Crippen LogP) is 3.20. The second kappa shape index (κ2) is 7.24. The zero-order valence-corrected chi connectivity index (χ0v) is 15.8. The van der Waals surface area contributed by atoms with Crippen molar-refractivity contribution in [3.8, 4) is 0 Å². The van der Waals surface area contributed by atoms with Gasteiger partial charge in [-0.2, -0.15) is 0 Å². The van der Waals surface area contributed by atoms with Gasteiger partial charge in [-0.1, -0.05) is 48.5 Å². The molecule has 2 aliphatic rings. The van der Waals surface area contributed by atoms with E-state index in [0.717, 1.165) is 36.1 Å². The lowest BCUT2D eigenvalue weighted by atomic mass is 9.96. The molecule has 1 unspecified atom stereocenters. The summed E-state index contributed by atoms with van der Waals surface area (Å²) in [7, 11) is 0. The first kappa shape index (κ1) is 17.2. The molecule has 1 amide bonds. The van der Waals surface area contributed by atoms with Crippen molar-refractivity contribution in [2.75, 3.05) is 37.7 Å². The van der Waals surface area contributed by atoms with Crippen molar-refractivity contribution in [1.82, 2.24) is 9.88 Å². The first-order valence-corrected chi connectivity index (χ1v) is 9.87. The largest absolute Gasteiger partial charge is 0.366 e. The molecule has 3 aromatic rings. The van der Waals surface area contributed by atoms with Gasteiger partial charge in [-0.3, -0.25) is 9.78 Å². The Kier molecular flexibility index (Phi) is 4.45. The maximum atomic E-state index is 13.1. The number of anilines is 1. The van der Waals surface area contributed by atoms with Crippen LogP contribution in [0.4, 0.5) is 5.69 Å². The van der Waals surface area contributed by atoms with E-state index in [9.17, 15) is 4.79 Å². The van der Waals surface area contributed by atoms with Crippen LogP contribution in [-0.2, 0) is 16.0 Å². The van der Waals surface area contributed by atoms with Crippen molar-refractivity contribution < 1.29 is 9.53 Å². The quantitative estimate of drug-likeness (QED) is 0.692. The minimum atomic E-state index is -0.462. The van der Waals surface area contributed by atoms with Gasteiger partial charge < -0.3 is 14.5 Å². The van der Waals surface area contributed by atoms with Crippen LogP contribution in [0, 0.1) is 0 Å². The molecule has 1 atom stereocenters. The zero-order valence-electron chi connectivity index (χ0n) is 15.8. The Labute approximate surface area is 164 Å². The second-order valence-electron chi connectivity index (χ2n) is 7.39. The van der Waals surface area contributed by atoms with E-state index < -0.39 is 6.10 Å². The van der Waals surface area contributed by atoms with Gasteiger partial charge in [0.15, 0.2) is 6.10 Å². The average Bonchev–Trinajstić information content (AvgIpc) is 2.78. The van der Waals surface area contributed by atoms with Gasteiger partial charge in [-0.05, 0) is 17.5 Å². The van der Waals surface area contributed by atoms with Gasteiger partial charge in [0.2, 0.25) is 0 Å². The number of carbonyl (C=O) groups excluding carboxylic acids is 1. The molecule has 5 heteroatoms. The molecule has 1 fully saturated rings. The van der Waals surface area contributed by atoms with E-state index in [-0.39, 0.29) is 5.91 Å². The van der Waals surface area contributed by atoms with Crippen molar-refractivity contribution in [3.63, 3.8) is 0 Å². The Morgan fingerprint density at radius 2 is 1.75 bits per heavy atom. The van der Waals surface area contributed by atoms with Crippen LogP contribution < -0.4 is 4.90 Å². The van der Waals surface area contributed by atoms with Crippen molar-refractivity contribution in [2.45, 2.75) is 12.5 Å². The van der Waals surface area contributed by atoms with E-state index in [0.29, 0.717) is 19.7 Å². The fraction of sp³-hybridized carbons (Fsp3) is 0.304. The van der Waals surface area contributed by atoms with Crippen molar-refractivity contribution in [2.24, 2.45) is 0 Å². The number of nitrogens with zero attached hydrogens (tertiary/aromatic N) is 3. The molecule has 0 N–H and O–H groups in total. The molecule has 0 radical (unpaired) electrons. The molecule has 1 saturated heterocycles. The number of ether oxygens (including phenoxy) is 1. The van der Waals surface area contributed by atoms with Crippen LogP contribution in [0.15, 0.2) is 60.9 Å². The Morgan fingerprint density at radius 1 is 0.964 bits per heavy atom.